The Bertz CT molecular complexity index is 986. The first-order chi connectivity index (χ1) is 13.3. The zero-order valence-electron chi connectivity index (χ0n) is 15.9. The molecule has 0 aliphatic rings. The Labute approximate surface area is 178 Å². The van der Waals surface area contributed by atoms with Crippen LogP contribution < -0.4 is 4.74 Å². The van der Waals surface area contributed by atoms with E-state index in [0.29, 0.717) is 29.5 Å². The monoisotopic (exact) mass is 461 g/mol. The molecular weight excluding hydrogens is 442 g/mol. The number of benzene rings is 2. The van der Waals surface area contributed by atoms with E-state index in [1.165, 1.54) is 0 Å². The van der Waals surface area contributed by atoms with Crippen LogP contribution in [-0.4, -0.2) is 27.6 Å². The van der Waals surface area contributed by atoms with Gasteiger partial charge in [-0.2, -0.15) is 5.10 Å². The predicted molar refractivity (Wildman–Crippen MR) is 114 cm³/mol. The van der Waals surface area contributed by atoms with E-state index in [-0.39, 0.29) is 5.91 Å². The zero-order chi connectivity index (χ0) is 20.3. The number of nitrogens with zero attached hydrogens (tertiary/aromatic N) is 3. The summed E-state index contributed by atoms with van der Waals surface area (Å²) >= 11 is 9.54. The van der Waals surface area contributed by atoms with Gasteiger partial charge in [-0.3, -0.25) is 9.48 Å². The number of aromatic nitrogens is 2. The maximum Gasteiger partial charge on any atom is 0.253 e. The maximum atomic E-state index is 12.7. The molecule has 0 unspecified atom stereocenters. The Morgan fingerprint density at radius 2 is 1.96 bits per heavy atom. The lowest BCUT2D eigenvalue weighted by Gasteiger charge is -2.17. The van der Waals surface area contributed by atoms with E-state index in [4.69, 9.17) is 16.3 Å². The zero-order valence-corrected chi connectivity index (χ0v) is 18.3. The molecule has 0 aliphatic carbocycles. The Morgan fingerprint density at radius 3 is 2.57 bits per heavy atom. The van der Waals surface area contributed by atoms with Crippen LogP contribution in [0.4, 0.5) is 0 Å². The van der Waals surface area contributed by atoms with E-state index >= 15 is 0 Å². The van der Waals surface area contributed by atoms with Gasteiger partial charge >= 0.3 is 0 Å². The summed E-state index contributed by atoms with van der Waals surface area (Å²) in [5.41, 5.74) is 3.68. The van der Waals surface area contributed by atoms with Crippen LogP contribution >= 0.6 is 27.5 Å². The highest BCUT2D eigenvalue weighted by Crippen LogP contribution is 2.28. The van der Waals surface area contributed by atoms with Gasteiger partial charge in [-0.25, -0.2) is 0 Å². The molecule has 0 spiro atoms. The van der Waals surface area contributed by atoms with Crippen molar-refractivity contribution in [3.8, 4) is 5.75 Å². The summed E-state index contributed by atoms with van der Waals surface area (Å²) in [5, 5.41) is 4.77. The van der Waals surface area contributed by atoms with Crippen molar-refractivity contribution < 1.29 is 9.53 Å². The summed E-state index contributed by atoms with van der Waals surface area (Å²) in [6, 6.07) is 12.9. The van der Waals surface area contributed by atoms with E-state index in [0.717, 1.165) is 21.3 Å². The molecule has 146 valence electrons. The topological polar surface area (TPSA) is 47.4 Å². The average Bonchev–Trinajstić information content (AvgIpc) is 2.99. The Hall–Kier alpha value is -2.31. The molecular formula is C21H21BrClN3O2. The minimum atomic E-state index is -0.0355. The third-order valence-electron chi connectivity index (χ3n) is 4.58. The first-order valence-electron chi connectivity index (χ1n) is 8.75. The highest BCUT2D eigenvalue weighted by atomic mass is 79.9. The molecule has 0 aliphatic heterocycles. The summed E-state index contributed by atoms with van der Waals surface area (Å²) in [6.07, 6.45) is 1.80. The molecule has 28 heavy (non-hydrogen) atoms. The van der Waals surface area contributed by atoms with Gasteiger partial charge in [0.05, 0.1) is 11.2 Å². The van der Waals surface area contributed by atoms with Crippen molar-refractivity contribution in [1.29, 1.82) is 0 Å². The molecule has 2 aromatic carbocycles. The molecule has 3 rings (SSSR count). The van der Waals surface area contributed by atoms with Crippen molar-refractivity contribution in [1.82, 2.24) is 14.7 Å². The molecule has 0 bridgehead atoms. The van der Waals surface area contributed by atoms with Gasteiger partial charge in [-0.15, -0.1) is 0 Å². The van der Waals surface area contributed by atoms with Gasteiger partial charge in [0.15, 0.2) is 0 Å². The second-order valence-corrected chi connectivity index (χ2v) is 7.92. The molecule has 7 heteroatoms. The van der Waals surface area contributed by atoms with Gasteiger partial charge in [0.1, 0.15) is 12.4 Å². The molecule has 1 aromatic heterocycles. The summed E-state index contributed by atoms with van der Waals surface area (Å²) in [6.45, 7) is 2.89. The van der Waals surface area contributed by atoms with Crippen molar-refractivity contribution in [3.63, 3.8) is 0 Å². The van der Waals surface area contributed by atoms with E-state index in [1.54, 1.807) is 28.9 Å². The summed E-state index contributed by atoms with van der Waals surface area (Å²) < 4.78 is 8.47. The molecule has 0 saturated heterocycles. The number of rotatable bonds is 6. The van der Waals surface area contributed by atoms with Crippen molar-refractivity contribution in [3.05, 3.63) is 80.5 Å². The van der Waals surface area contributed by atoms with Crippen LogP contribution in [0.2, 0.25) is 5.02 Å². The van der Waals surface area contributed by atoms with Gasteiger partial charge in [0.25, 0.3) is 5.91 Å². The van der Waals surface area contributed by atoms with Crippen LogP contribution in [0.25, 0.3) is 0 Å². The molecule has 1 heterocycles. The first kappa shape index (κ1) is 20.4. The number of ether oxygens (including phenoxy) is 1. The van der Waals surface area contributed by atoms with E-state index in [9.17, 15) is 4.79 Å². The van der Waals surface area contributed by atoms with Crippen LogP contribution in [-0.2, 0) is 20.2 Å². The SMILES string of the molecule is Cc1c(CN(C)C(=O)c2ccc(COc3ccc(Br)cc3Cl)cc2)cnn1C. The first-order valence-corrected chi connectivity index (χ1v) is 9.92. The molecule has 0 radical (unpaired) electrons. The van der Waals surface area contributed by atoms with E-state index in [2.05, 4.69) is 21.0 Å². The smallest absolute Gasteiger partial charge is 0.253 e. The van der Waals surface area contributed by atoms with Gasteiger partial charge in [0.2, 0.25) is 0 Å². The minimum Gasteiger partial charge on any atom is -0.487 e. The number of hydrogen-bond acceptors (Lipinski definition) is 3. The number of aryl methyl sites for hydroxylation is 1. The summed E-state index contributed by atoms with van der Waals surface area (Å²) in [7, 11) is 3.68. The third-order valence-corrected chi connectivity index (χ3v) is 5.37. The predicted octanol–water partition coefficient (Wildman–Crippen LogP) is 5.00. The van der Waals surface area contributed by atoms with Crippen LogP contribution in [0.3, 0.4) is 0 Å². The van der Waals surface area contributed by atoms with Crippen molar-refractivity contribution in [2.75, 3.05) is 7.05 Å². The largest absolute Gasteiger partial charge is 0.487 e. The summed E-state index contributed by atoms with van der Waals surface area (Å²) in [4.78, 5) is 14.4. The van der Waals surface area contributed by atoms with Crippen LogP contribution in [0.15, 0.2) is 53.1 Å². The molecule has 3 aromatic rings. The molecule has 0 atom stereocenters. The fourth-order valence-corrected chi connectivity index (χ4v) is 3.47. The highest BCUT2D eigenvalue weighted by Gasteiger charge is 2.14. The van der Waals surface area contributed by atoms with Crippen molar-refractivity contribution >= 4 is 33.4 Å². The molecule has 5 nitrogen and oxygen atoms in total. The standard InChI is InChI=1S/C21H21BrClN3O2/c1-14-17(11-24-26(14)3)12-25(2)21(27)16-6-4-15(5-7-16)13-28-20-9-8-18(22)10-19(20)23/h4-11H,12-13H2,1-3H3. The van der Waals surface area contributed by atoms with Gasteiger partial charge in [0, 0.05) is 41.9 Å². The Kier molecular flexibility index (Phi) is 6.42. The normalized spacial score (nSPS) is 10.8. The number of amides is 1. The fraction of sp³-hybridized carbons (Fsp3) is 0.238. The summed E-state index contributed by atoms with van der Waals surface area (Å²) in [5.74, 6) is 0.586. The lowest BCUT2D eigenvalue weighted by Crippen LogP contribution is -2.26. The molecule has 0 fully saturated rings. The second kappa shape index (κ2) is 8.80. The average molecular weight is 463 g/mol. The van der Waals surface area contributed by atoms with Crippen LogP contribution in [0.1, 0.15) is 27.2 Å². The quantitative estimate of drug-likeness (QED) is 0.518. The van der Waals surface area contributed by atoms with Gasteiger partial charge in [-0.05, 0) is 42.8 Å². The van der Waals surface area contributed by atoms with Gasteiger partial charge < -0.3 is 9.64 Å². The minimum absolute atomic E-state index is 0.0355. The van der Waals surface area contributed by atoms with Crippen molar-refractivity contribution in [2.45, 2.75) is 20.1 Å². The fourth-order valence-electron chi connectivity index (χ4n) is 2.74. The number of carbonyl (C=O) groups is 1. The number of carbonyl (C=O) groups excluding carboxylic acids is 1. The van der Waals surface area contributed by atoms with Crippen molar-refractivity contribution in [2.24, 2.45) is 7.05 Å². The Balaban J connectivity index is 1.61. The lowest BCUT2D eigenvalue weighted by atomic mass is 10.1. The Morgan fingerprint density at radius 1 is 1.25 bits per heavy atom. The number of halogens is 2. The molecule has 1 amide bonds. The second-order valence-electron chi connectivity index (χ2n) is 6.60. The third kappa shape index (κ3) is 4.75. The van der Waals surface area contributed by atoms with E-state index < -0.39 is 0 Å². The number of hydrogen-bond donors (Lipinski definition) is 0. The molecule has 0 N–H and O–H groups in total. The van der Waals surface area contributed by atoms with Gasteiger partial charge in [-0.1, -0.05) is 39.7 Å². The molecule has 0 saturated carbocycles. The maximum absolute atomic E-state index is 12.7. The lowest BCUT2D eigenvalue weighted by molar-refractivity contribution is 0.0785. The highest BCUT2D eigenvalue weighted by molar-refractivity contribution is 9.10. The van der Waals surface area contributed by atoms with Crippen LogP contribution in [0.5, 0.6) is 5.75 Å². The van der Waals surface area contributed by atoms with Crippen LogP contribution in [0, 0.1) is 6.92 Å². The van der Waals surface area contributed by atoms with E-state index in [1.807, 2.05) is 50.4 Å².